The second-order valence-corrected chi connectivity index (χ2v) is 14.8. The van der Waals surface area contributed by atoms with Gasteiger partial charge in [-0.1, -0.05) is 73.7 Å². The van der Waals surface area contributed by atoms with E-state index in [-0.39, 0.29) is 49.0 Å². The van der Waals surface area contributed by atoms with Crippen LogP contribution < -0.4 is 9.47 Å². The van der Waals surface area contributed by atoms with E-state index in [9.17, 15) is 19.0 Å². The summed E-state index contributed by atoms with van der Waals surface area (Å²) >= 11 is 0. The van der Waals surface area contributed by atoms with Crippen LogP contribution in [0.15, 0.2) is 177 Å². The minimum atomic E-state index is -0.326. The molecule has 2 atom stereocenters. The van der Waals surface area contributed by atoms with Gasteiger partial charge in [0.1, 0.15) is 23.1 Å². The van der Waals surface area contributed by atoms with E-state index in [0.29, 0.717) is 58.5 Å². The average Bonchev–Trinajstić information content (AvgIpc) is 3.99. The van der Waals surface area contributed by atoms with E-state index in [1.807, 2.05) is 107 Å². The summed E-state index contributed by atoms with van der Waals surface area (Å²) in [7, 11) is 0. The number of imidazole rings is 2. The Kier molecular flexibility index (Phi) is 14.1. The Labute approximate surface area is 374 Å². The van der Waals surface area contributed by atoms with Gasteiger partial charge in [-0.3, -0.25) is 0 Å². The number of aromatic nitrogens is 8. The van der Waals surface area contributed by atoms with E-state index in [0.717, 1.165) is 16.7 Å². The van der Waals surface area contributed by atoms with Gasteiger partial charge in [-0.15, -0.1) is 0 Å². The standard InChI is InChI=1S/C28H23FN4O2.C23H21FN4O2/c29-22-13-11-21(12-14-22)26-27(25-15-16-30-28(32-25)35-24-9-5-2-6-10-24)33(19-31-26)23(18-34)17-20-7-3-1-4-8-20;1-2-18(14-29)28-15-26-21(16-8-10-17(24)11-9-16)22(28)20-12-13-25-23(27-20)30-19-6-4-3-5-7-19/h1-16,19,23,34H,17-18H2;3-13,15,18,29H,2,14H2,1H3. The Hall–Kier alpha value is -7.94. The minimum Gasteiger partial charge on any atom is -0.424 e. The van der Waals surface area contributed by atoms with Crippen LogP contribution in [0.3, 0.4) is 0 Å². The Bertz CT molecular complexity index is 2900. The lowest BCUT2D eigenvalue weighted by Gasteiger charge is -2.20. The first-order valence-corrected chi connectivity index (χ1v) is 20.9. The van der Waals surface area contributed by atoms with E-state index in [1.54, 1.807) is 61.4 Å². The lowest BCUT2D eigenvalue weighted by molar-refractivity contribution is 0.225. The fraction of sp³-hybridized carbons (Fsp3) is 0.137. The summed E-state index contributed by atoms with van der Waals surface area (Å²) in [5, 5.41) is 20.2. The molecule has 65 heavy (non-hydrogen) atoms. The Morgan fingerprint density at radius 3 is 1.34 bits per heavy atom. The molecule has 9 aromatic rings. The predicted octanol–water partition coefficient (Wildman–Crippen LogP) is 10.6. The maximum Gasteiger partial charge on any atom is 0.322 e. The van der Waals surface area contributed by atoms with Crippen molar-refractivity contribution in [3.05, 3.63) is 194 Å². The summed E-state index contributed by atoms with van der Waals surface area (Å²) in [6, 6.07) is 44.3. The minimum absolute atomic E-state index is 0.0405. The van der Waals surface area contributed by atoms with Crippen molar-refractivity contribution in [1.29, 1.82) is 0 Å². The molecule has 14 heteroatoms. The molecular weight excluding hydrogens is 827 g/mol. The number of hydrogen-bond acceptors (Lipinski definition) is 10. The smallest absolute Gasteiger partial charge is 0.322 e. The Morgan fingerprint density at radius 2 is 0.923 bits per heavy atom. The predicted molar refractivity (Wildman–Crippen MR) is 243 cm³/mol. The molecule has 0 saturated heterocycles. The molecule has 0 aliphatic rings. The lowest BCUT2D eigenvalue weighted by Crippen LogP contribution is -2.17. The van der Waals surface area contributed by atoms with Crippen molar-refractivity contribution in [3.63, 3.8) is 0 Å². The number of benzene rings is 5. The highest BCUT2D eigenvalue weighted by atomic mass is 19.1. The van der Waals surface area contributed by atoms with Crippen LogP contribution in [-0.4, -0.2) is 62.5 Å². The van der Waals surface area contributed by atoms with Crippen molar-refractivity contribution in [1.82, 2.24) is 39.0 Å². The van der Waals surface area contributed by atoms with Crippen LogP contribution in [0.5, 0.6) is 23.5 Å². The first-order chi connectivity index (χ1) is 31.9. The number of para-hydroxylation sites is 2. The molecule has 0 saturated carbocycles. The van der Waals surface area contributed by atoms with E-state index >= 15 is 0 Å². The molecule has 12 nitrogen and oxygen atoms in total. The quantitative estimate of drug-likeness (QED) is 0.102. The number of nitrogens with zero attached hydrogens (tertiary/aromatic N) is 8. The third-order valence-electron chi connectivity index (χ3n) is 10.5. The number of aliphatic hydroxyl groups excluding tert-OH is 2. The van der Waals surface area contributed by atoms with Gasteiger partial charge in [0, 0.05) is 23.5 Å². The monoisotopic (exact) mass is 870 g/mol. The summed E-state index contributed by atoms with van der Waals surface area (Å²) in [6.45, 7) is 1.85. The zero-order chi connectivity index (χ0) is 45.0. The van der Waals surface area contributed by atoms with Gasteiger partial charge in [-0.05, 0) is 103 Å². The van der Waals surface area contributed by atoms with Crippen LogP contribution in [-0.2, 0) is 6.42 Å². The first-order valence-electron chi connectivity index (χ1n) is 20.9. The van der Waals surface area contributed by atoms with Crippen molar-refractivity contribution < 1.29 is 28.5 Å². The zero-order valence-electron chi connectivity index (χ0n) is 35.3. The van der Waals surface area contributed by atoms with Gasteiger partial charge in [0.2, 0.25) is 0 Å². The van der Waals surface area contributed by atoms with Crippen molar-refractivity contribution in [2.24, 2.45) is 0 Å². The van der Waals surface area contributed by atoms with Crippen molar-refractivity contribution in [2.75, 3.05) is 13.2 Å². The van der Waals surface area contributed by atoms with Crippen molar-refractivity contribution in [3.8, 4) is 68.8 Å². The fourth-order valence-corrected chi connectivity index (χ4v) is 7.20. The number of halogens is 2. The molecule has 2 N–H and O–H groups in total. The molecule has 0 aliphatic heterocycles. The highest BCUT2D eigenvalue weighted by Gasteiger charge is 2.24. The van der Waals surface area contributed by atoms with E-state index in [1.165, 1.54) is 24.3 Å². The molecule has 2 unspecified atom stereocenters. The summed E-state index contributed by atoms with van der Waals surface area (Å²) in [5.41, 5.74) is 6.42. The van der Waals surface area contributed by atoms with Gasteiger partial charge in [0.15, 0.2) is 0 Å². The van der Waals surface area contributed by atoms with Gasteiger partial charge in [-0.2, -0.15) is 9.97 Å². The molecule has 326 valence electrons. The van der Waals surface area contributed by atoms with Gasteiger partial charge < -0.3 is 28.8 Å². The molecule has 0 amide bonds. The van der Waals surface area contributed by atoms with Gasteiger partial charge in [0.25, 0.3) is 0 Å². The number of aliphatic hydroxyl groups is 2. The number of hydrogen-bond donors (Lipinski definition) is 2. The second-order valence-electron chi connectivity index (χ2n) is 14.8. The topological polar surface area (TPSA) is 146 Å². The zero-order valence-corrected chi connectivity index (χ0v) is 35.3. The van der Waals surface area contributed by atoms with E-state index in [2.05, 4.69) is 29.9 Å². The first kappa shape index (κ1) is 43.7. The maximum atomic E-state index is 13.6. The van der Waals surface area contributed by atoms with Crippen LogP contribution in [0.4, 0.5) is 8.78 Å². The molecular formula is C51H44F2N8O4. The van der Waals surface area contributed by atoms with Crippen LogP contribution >= 0.6 is 0 Å². The van der Waals surface area contributed by atoms with Crippen LogP contribution in [0.2, 0.25) is 0 Å². The molecule has 4 aromatic heterocycles. The third kappa shape index (κ3) is 10.6. The van der Waals surface area contributed by atoms with E-state index < -0.39 is 0 Å². The van der Waals surface area contributed by atoms with Crippen LogP contribution in [0.1, 0.15) is 31.0 Å². The molecule has 0 fully saturated rings. The summed E-state index contributed by atoms with van der Waals surface area (Å²) in [4.78, 5) is 26.9. The molecule has 4 heterocycles. The molecule has 0 bridgehead atoms. The summed E-state index contributed by atoms with van der Waals surface area (Å²) in [6.07, 6.45) is 7.92. The summed E-state index contributed by atoms with van der Waals surface area (Å²) < 4.78 is 42.5. The average molecular weight is 871 g/mol. The van der Waals surface area contributed by atoms with Gasteiger partial charge in [-0.25, -0.2) is 28.7 Å². The largest absolute Gasteiger partial charge is 0.424 e. The molecule has 5 aromatic carbocycles. The van der Waals surface area contributed by atoms with Gasteiger partial charge >= 0.3 is 12.0 Å². The Balaban J connectivity index is 0.000000179. The van der Waals surface area contributed by atoms with Crippen molar-refractivity contribution >= 4 is 0 Å². The molecule has 0 aliphatic carbocycles. The summed E-state index contributed by atoms with van der Waals surface area (Å²) in [5.74, 6) is 0.604. The number of ether oxygens (including phenoxy) is 2. The number of rotatable bonds is 15. The normalized spacial score (nSPS) is 11.9. The molecule has 0 spiro atoms. The molecule has 0 radical (unpaired) electrons. The molecule has 9 rings (SSSR count). The van der Waals surface area contributed by atoms with Crippen LogP contribution in [0, 0.1) is 11.6 Å². The second kappa shape index (κ2) is 21.0. The maximum absolute atomic E-state index is 13.6. The SMILES string of the molecule is CCC(CO)n1cnc(-c2ccc(F)cc2)c1-c1ccnc(Oc2ccccc2)n1.OCC(Cc1ccccc1)n1cnc(-c2ccc(F)cc2)c1-c1ccnc(Oc2ccccc2)n1. The van der Waals surface area contributed by atoms with Gasteiger partial charge in [0.05, 0.1) is 72.1 Å². The fourth-order valence-electron chi connectivity index (χ4n) is 7.20. The van der Waals surface area contributed by atoms with E-state index in [4.69, 9.17) is 9.47 Å². The van der Waals surface area contributed by atoms with Crippen LogP contribution in [0.25, 0.3) is 45.3 Å². The Morgan fingerprint density at radius 1 is 0.508 bits per heavy atom. The third-order valence-corrected chi connectivity index (χ3v) is 10.5. The highest BCUT2D eigenvalue weighted by Crippen LogP contribution is 2.36. The van der Waals surface area contributed by atoms with Crippen molar-refractivity contribution in [2.45, 2.75) is 31.8 Å². The highest BCUT2D eigenvalue weighted by molar-refractivity contribution is 5.78. The lowest BCUT2D eigenvalue weighted by atomic mass is 10.0.